The number of hydrogen-bond acceptors (Lipinski definition) is 5. The maximum Gasteiger partial charge on any atom is 0.265 e. The molecule has 2 aliphatic heterocycles. The molecule has 4 rings (SSSR count). The van der Waals surface area contributed by atoms with E-state index in [1.807, 2.05) is 6.92 Å². The quantitative estimate of drug-likeness (QED) is 0.668. The maximum atomic E-state index is 13.8. The van der Waals surface area contributed by atoms with Crippen molar-refractivity contribution in [2.75, 3.05) is 23.7 Å². The Morgan fingerprint density at radius 2 is 2.00 bits per heavy atom. The number of benzene rings is 2. The second kappa shape index (κ2) is 9.34. The summed E-state index contributed by atoms with van der Waals surface area (Å²) in [5.41, 5.74) is 1.72. The fourth-order valence-corrected chi connectivity index (χ4v) is 6.01. The molecular formula is C24H28FN3O5S. The summed E-state index contributed by atoms with van der Waals surface area (Å²) in [5.74, 6) is -1.28. The van der Waals surface area contributed by atoms with Gasteiger partial charge in [-0.1, -0.05) is 13.0 Å². The Labute approximate surface area is 198 Å². The second-order valence-electron chi connectivity index (χ2n) is 8.77. The number of sulfonamides is 1. The lowest BCUT2D eigenvalue weighted by Crippen LogP contribution is -2.44. The van der Waals surface area contributed by atoms with Crippen LogP contribution in [0.3, 0.4) is 0 Å². The van der Waals surface area contributed by atoms with Crippen molar-refractivity contribution in [2.45, 2.75) is 51.0 Å². The van der Waals surface area contributed by atoms with Crippen molar-refractivity contribution in [1.82, 2.24) is 4.31 Å². The zero-order valence-corrected chi connectivity index (χ0v) is 20.2. The number of ether oxygens (including phenoxy) is 1. The zero-order valence-electron chi connectivity index (χ0n) is 19.4. The Morgan fingerprint density at radius 1 is 1.24 bits per heavy atom. The summed E-state index contributed by atoms with van der Waals surface area (Å²) in [6.45, 7) is 5.41. The van der Waals surface area contributed by atoms with E-state index in [1.165, 1.54) is 16.4 Å². The fraction of sp³-hybridized carbons (Fsp3) is 0.417. The van der Waals surface area contributed by atoms with Gasteiger partial charge in [0.05, 0.1) is 16.5 Å². The Morgan fingerprint density at radius 3 is 2.71 bits per heavy atom. The molecule has 1 saturated heterocycles. The van der Waals surface area contributed by atoms with Crippen LogP contribution in [0, 0.1) is 25.6 Å². The number of carbonyl (C=O) groups excluding carboxylic acids is 2. The molecular weight excluding hydrogens is 461 g/mol. The van der Waals surface area contributed by atoms with E-state index < -0.39 is 27.9 Å². The molecule has 0 unspecified atom stereocenters. The topological polar surface area (TPSA) is 105 Å². The molecule has 0 bridgehead atoms. The van der Waals surface area contributed by atoms with Gasteiger partial charge in [0.25, 0.3) is 5.91 Å². The molecule has 2 amide bonds. The first kappa shape index (κ1) is 24.2. The lowest BCUT2D eigenvalue weighted by molar-refractivity contribution is -0.123. The SMILES string of the molecule is CC[C@@H]1Oc2cc(S(=O)(=O)N3CCC[C@@H](C(=O)Nc4ccc(C)c(F)c4)C3)c(C)cc2NC1=O. The molecule has 2 heterocycles. The van der Waals surface area contributed by atoms with Crippen molar-refractivity contribution in [3.8, 4) is 5.75 Å². The third kappa shape index (κ3) is 4.65. The zero-order chi connectivity index (χ0) is 24.6. The molecule has 34 heavy (non-hydrogen) atoms. The van der Waals surface area contributed by atoms with E-state index in [4.69, 9.17) is 4.74 Å². The number of rotatable bonds is 5. The average molecular weight is 490 g/mol. The summed E-state index contributed by atoms with van der Waals surface area (Å²) in [5, 5.41) is 5.46. The van der Waals surface area contributed by atoms with Crippen LogP contribution in [0.2, 0.25) is 0 Å². The molecule has 0 aliphatic carbocycles. The van der Waals surface area contributed by atoms with E-state index in [0.717, 1.165) is 0 Å². The monoisotopic (exact) mass is 489 g/mol. The predicted octanol–water partition coefficient (Wildman–Crippen LogP) is 3.59. The van der Waals surface area contributed by atoms with Crippen molar-refractivity contribution >= 4 is 33.2 Å². The first-order valence-corrected chi connectivity index (χ1v) is 12.7. The molecule has 0 aromatic heterocycles. The van der Waals surface area contributed by atoms with E-state index in [2.05, 4.69) is 10.6 Å². The van der Waals surface area contributed by atoms with Crippen molar-refractivity contribution < 1.29 is 27.1 Å². The molecule has 2 aliphatic rings. The molecule has 1 fully saturated rings. The van der Waals surface area contributed by atoms with Crippen molar-refractivity contribution in [2.24, 2.45) is 5.92 Å². The van der Waals surface area contributed by atoms with Gasteiger partial charge in [-0.3, -0.25) is 9.59 Å². The number of fused-ring (bicyclic) bond motifs is 1. The summed E-state index contributed by atoms with van der Waals surface area (Å²) in [7, 11) is -3.91. The van der Waals surface area contributed by atoms with Gasteiger partial charge in [0, 0.05) is 24.8 Å². The molecule has 0 spiro atoms. The minimum absolute atomic E-state index is 0.0220. The third-order valence-corrected chi connectivity index (χ3v) is 8.29. The van der Waals surface area contributed by atoms with E-state index in [0.29, 0.717) is 47.5 Å². The Kier molecular flexibility index (Phi) is 6.64. The Bertz CT molecular complexity index is 1250. The van der Waals surface area contributed by atoms with Gasteiger partial charge in [0.15, 0.2) is 6.10 Å². The number of anilines is 2. The minimum Gasteiger partial charge on any atom is -0.478 e. The van der Waals surface area contributed by atoms with Gasteiger partial charge in [-0.25, -0.2) is 12.8 Å². The number of halogens is 1. The molecule has 2 N–H and O–H groups in total. The van der Waals surface area contributed by atoms with Crippen molar-refractivity contribution in [3.63, 3.8) is 0 Å². The fourth-order valence-electron chi connectivity index (χ4n) is 4.26. The van der Waals surface area contributed by atoms with Crippen LogP contribution < -0.4 is 15.4 Å². The van der Waals surface area contributed by atoms with Crippen LogP contribution in [0.25, 0.3) is 0 Å². The van der Waals surface area contributed by atoms with Crippen LogP contribution in [0.4, 0.5) is 15.8 Å². The largest absolute Gasteiger partial charge is 0.478 e. The van der Waals surface area contributed by atoms with Crippen LogP contribution in [0.5, 0.6) is 5.75 Å². The lowest BCUT2D eigenvalue weighted by atomic mass is 9.98. The molecule has 10 heteroatoms. The van der Waals surface area contributed by atoms with Crippen LogP contribution in [0.15, 0.2) is 35.2 Å². The summed E-state index contributed by atoms with van der Waals surface area (Å²) in [6.07, 6.45) is 0.826. The molecule has 0 radical (unpaired) electrons. The molecule has 0 saturated carbocycles. The minimum atomic E-state index is -3.91. The summed E-state index contributed by atoms with van der Waals surface area (Å²) in [6, 6.07) is 7.48. The first-order chi connectivity index (χ1) is 16.1. The predicted molar refractivity (Wildman–Crippen MR) is 126 cm³/mol. The molecule has 2 aromatic rings. The van der Waals surface area contributed by atoms with Gasteiger partial charge in [-0.2, -0.15) is 4.31 Å². The Hall–Kier alpha value is -2.98. The van der Waals surface area contributed by atoms with Gasteiger partial charge >= 0.3 is 0 Å². The maximum absolute atomic E-state index is 13.8. The number of nitrogens with zero attached hydrogens (tertiary/aromatic N) is 1. The van der Waals surface area contributed by atoms with Crippen LogP contribution >= 0.6 is 0 Å². The van der Waals surface area contributed by atoms with Gasteiger partial charge in [-0.15, -0.1) is 0 Å². The van der Waals surface area contributed by atoms with Gasteiger partial charge in [-0.05, 0) is 62.4 Å². The normalized spacial score (nSPS) is 20.8. The lowest BCUT2D eigenvalue weighted by Gasteiger charge is -2.32. The highest BCUT2D eigenvalue weighted by atomic mass is 32.2. The van der Waals surface area contributed by atoms with E-state index in [-0.39, 0.29) is 29.8 Å². The van der Waals surface area contributed by atoms with Gasteiger partial charge in [0.2, 0.25) is 15.9 Å². The number of aryl methyl sites for hydroxylation is 2. The number of amides is 2. The van der Waals surface area contributed by atoms with E-state index in [9.17, 15) is 22.4 Å². The van der Waals surface area contributed by atoms with E-state index >= 15 is 0 Å². The summed E-state index contributed by atoms with van der Waals surface area (Å²) in [4.78, 5) is 25.0. The highest BCUT2D eigenvalue weighted by Gasteiger charge is 2.36. The number of piperidine rings is 1. The summed E-state index contributed by atoms with van der Waals surface area (Å²) < 4.78 is 47.9. The highest BCUT2D eigenvalue weighted by Crippen LogP contribution is 2.36. The molecule has 2 aromatic carbocycles. The smallest absolute Gasteiger partial charge is 0.265 e. The van der Waals surface area contributed by atoms with Gasteiger partial charge < -0.3 is 15.4 Å². The van der Waals surface area contributed by atoms with Crippen molar-refractivity contribution in [1.29, 1.82) is 0 Å². The number of carbonyl (C=O) groups is 2. The third-order valence-electron chi connectivity index (χ3n) is 6.28. The van der Waals surface area contributed by atoms with Crippen LogP contribution in [0.1, 0.15) is 37.3 Å². The molecule has 182 valence electrons. The summed E-state index contributed by atoms with van der Waals surface area (Å²) >= 11 is 0. The molecule has 8 nitrogen and oxygen atoms in total. The first-order valence-electron chi connectivity index (χ1n) is 11.3. The average Bonchev–Trinajstić information content (AvgIpc) is 2.80. The van der Waals surface area contributed by atoms with Gasteiger partial charge in [0.1, 0.15) is 11.6 Å². The highest BCUT2D eigenvalue weighted by molar-refractivity contribution is 7.89. The van der Waals surface area contributed by atoms with Crippen molar-refractivity contribution in [3.05, 3.63) is 47.3 Å². The van der Waals surface area contributed by atoms with Crippen LogP contribution in [-0.2, 0) is 19.6 Å². The number of nitrogens with one attached hydrogen (secondary N) is 2. The standard InChI is InChI=1S/C24H28FN3O5S/c1-4-20-24(30)27-19-10-15(3)22(12-21(19)33-20)34(31,32)28-9-5-6-16(13-28)23(29)26-17-8-7-14(2)18(25)11-17/h7-8,10-12,16,20H,4-6,9,13H2,1-3H3,(H,26,29)(H,27,30)/t16-,20+/m1/s1. The second-order valence-corrected chi connectivity index (χ2v) is 10.7. The Balaban J connectivity index is 1.54. The number of hydrogen-bond donors (Lipinski definition) is 2. The molecule has 2 atom stereocenters. The van der Waals surface area contributed by atoms with E-state index in [1.54, 1.807) is 32.0 Å². The van der Waals surface area contributed by atoms with Crippen LogP contribution in [-0.4, -0.2) is 43.7 Å².